The van der Waals surface area contributed by atoms with Gasteiger partial charge < -0.3 is 4.74 Å². The number of hydrogen-bond donors (Lipinski definition) is 1. The third kappa shape index (κ3) is 2.74. The first kappa shape index (κ1) is 12.5. The zero-order valence-electron chi connectivity index (χ0n) is 8.67. The molecule has 1 N–H and O–H groups in total. The Morgan fingerprint density at radius 2 is 2.19 bits per heavy atom. The number of carbonyl (C=O) groups excluding carboxylic acids is 1. The molecule has 0 aliphatic carbocycles. The SMILES string of the molecule is CCOC(=O)c1cnc(S(=O)(=O)O)nc1C. The van der Waals surface area contributed by atoms with E-state index in [1.165, 1.54) is 6.92 Å². The number of ether oxygens (including phenoxy) is 1. The molecule has 1 aromatic heterocycles. The lowest BCUT2D eigenvalue weighted by Crippen LogP contribution is -2.12. The molecule has 1 rings (SSSR count). The Balaban J connectivity index is 3.15. The molecule has 0 spiro atoms. The van der Waals surface area contributed by atoms with Crippen LogP contribution in [0.15, 0.2) is 11.4 Å². The predicted octanol–water partition coefficient (Wildman–Crippen LogP) is 0.208. The molecular formula is C8H10N2O5S. The van der Waals surface area contributed by atoms with Gasteiger partial charge in [-0.05, 0) is 13.8 Å². The molecule has 0 unspecified atom stereocenters. The smallest absolute Gasteiger partial charge is 0.341 e. The summed E-state index contributed by atoms with van der Waals surface area (Å²) in [5.41, 5.74) is 0.190. The topological polar surface area (TPSA) is 106 Å². The van der Waals surface area contributed by atoms with Gasteiger partial charge in [-0.2, -0.15) is 8.42 Å². The van der Waals surface area contributed by atoms with Crippen molar-refractivity contribution in [3.63, 3.8) is 0 Å². The normalized spacial score (nSPS) is 11.2. The average Bonchev–Trinajstić information content (AvgIpc) is 2.16. The summed E-state index contributed by atoms with van der Waals surface area (Å²) in [6, 6.07) is 0. The maximum atomic E-state index is 11.3. The third-order valence-corrected chi connectivity index (χ3v) is 2.34. The fourth-order valence-corrected chi connectivity index (χ4v) is 1.42. The van der Waals surface area contributed by atoms with E-state index in [1.807, 2.05) is 0 Å². The molecule has 0 saturated carbocycles. The maximum absolute atomic E-state index is 11.3. The predicted molar refractivity (Wildman–Crippen MR) is 52.5 cm³/mol. The molecule has 0 saturated heterocycles. The van der Waals surface area contributed by atoms with Crippen molar-refractivity contribution in [3.8, 4) is 0 Å². The van der Waals surface area contributed by atoms with Crippen LogP contribution in [0.2, 0.25) is 0 Å². The van der Waals surface area contributed by atoms with Crippen LogP contribution in [0.5, 0.6) is 0 Å². The highest BCUT2D eigenvalue weighted by Crippen LogP contribution is 2.08. The van der Waals surface area contributed by atoms with E-state index in [2.05, 4.69) is 9.97 Å². The number of hydrogen-bond acceptors (Lipinski definition) is 6. The summed E-state index contributed by atoms with van der Waals surface area (Å²) in [4.78, 5) is 18.2. The van der Waals surface area contributed by atoms with Crippen LogP contribution in [0.4, 0.5) is 0 Å². The van der Waals surface area contributed by atoms with Crippen molar-refractivity contribution in [2.24, 2.45) is 0 Å². The number of aromatic nitrogens is 2. The van der Waals surface area contributed by atoms with E-state index in [9.17, 15) is 13.2 Å². The highest BCUT2D eigenvalue weighted by molar-refractivity contribution is 7.85. The zero-order chi connectivity index (χ0) is 12.3. The van der Waals surface area contributed by atoms with Gasteiger partial charge in [0.2, 0.25) is 0 Å². The Labute approximate surface area is 92.2 Å². The van der Waals surface area contributed by atoms with Crippen molar-refractivity contribution in [3.05, 3.63) is 17.5 Å². The van der Waals surface area contributed by atoms with Crippen molar-refractivity contribution in [2.45, 2.75) is 19.0 Å². The Morgan fingerprint density at radius 3 is 2.62 bits per heavy atom. The first-order valence-electron chi connectivity index (χ1n) is 4.34. The van der Waals surface area contributed by atoms with E-state index in [-0.39, 0.29) is 17.9 Å². The lowest BCUT2D eigenvalue weighted by atomic mass is 10.2. The molecular weight excluding hydrogens is 236 g/mol. The highest BCUT2D eigenvalue weighted by atomic mass is 32.2. The molecule has 0 aliphatic heterocycles. The first-order valence-corrected chi connectivity index (χ1v) is 5.78. The Bertz CT molecular complexity index is 511. The van der Waals surface area contributed by atoms with Gasteiger partial charge in [0.15, 0.2) is 0 Å². The number of carbonyl (C=O) groups is 1. The lowest BCUT2D eigenvalue weighted by Gasteiger charge is -2.04. The van der Waals surface area contributed by atoms with Crippen LogP contribution < -0.4 is 0 Å². The standard InChI is InChI=1S/C8H10N2O5S/c1-3-15-7(11)6-4-9-8(10-5(6)2)16(12,13)14/h4H,3H2,1-2H3,(H,12,13,14). The van der Waals surface area contributed by atoms with Crippen LogP contribution in [0.3, 0.4) is 0 Å². The summed E-state index contributed by atoms with van der Waals surface area (Å²) >= 11 is 0. The lowest BCUT2D eigenvalue weighted by molar-refractivity contribution is 0.0524. The minimum absolute atomic E-state index is 0.0641. The van der Waals surface area contributed by atoms with Crippen molar-refractivity contribution < 1.29 is 22.5 Å². The maximum Gasteiger partial charge on any atom is 0.341 e. The number of rotatable bonds is 3. The highest BCUT2D eigenvalue weighted by Gasteiger charge is 2.18. The largest absolute Gasteiger partial charge is 0.462 e. The van der Waals surface area contributed by atoms with Crippen LogP contribution >= 0.6 is 0 Å². The number of nitrogens with zero attached hydrogens (tertiary/aromatic N) is 2. The second-order valence-corrected chi connectivity index (χ2v) is 4.16. The molecule has 88 valence electrons. The molecule has 0 radical (unpaired) electrons. The summed E-state index contributed by atoms with van der Waals surface area (Å²) in [5.74, 6) is -0.637. The summed E-state index contributed by atoms with van der Waals surface area (Å²) in [6.45, 7) is 3.25. The zero-order valence-corrected chi connectivity index (χ0v) is 9.48. The summed E-state index contributed by atoms with van der Waals surface area (Å²) < 4.78 is 34.8. The van der Waals surface area contributed by atoms with Gasteiger partial charge in [-0.3, -0.25) is 4.55 Å². The second-order valence-electron chi connectivity index (χ2n) is 2.85. The van der Waals surface area contributed by atoms with Gasteiger partial charge in [0.1, 0.15) is 0 Å². The fraction of sp³-hybridized carbons (Fsp3) is 0.375. The van der Waals surface area contributed by atoms with Gasteiger partial charge >= 0.3 is 16.1 Å². The minimum atomic E-state index is -4.45. The third-order valence-electron chi connectivity index (χ3n) is 1.68. The quantitative estimate of drug-likeness (QED) is 0.461. The van der Waals surface area contributed by atoms with Crippen LogP contribution in [0, 0.1) is 6.92 Å². The van der Waals surface area contributed by atoms with E-state index in [0.29, 0.717) is 0 Å². The molecule has 0 aromatic carbocycles. The van der Waals surface area contributed by atoms with Gasteiger partial charge in [0, 0.05) is 6.20 Å². The van der Waals surface area contributed by atoms with E-state index < -0.39 is 21.2 Å². The molecule has 1 heterocycles. The van der Waals surface area contributed by atoms with Crippen molar-refractivity contribution in [1.29, 1.82) is 0 Å². The molecule has 7 nitrogen and oxygen atoms in total. The van der Waals surface area contributed by atoms with Gasteiger partial charge in [-0.1, -0.05) is 0 Å². The van der Waals surface area contributed by atoms with E-state index in [1.54, 1.807) is 6.92 Å². The molecule has 0 aliphatic rings. The van der Waals surface area contributed by atoms with E-state index in [0.717, 1.165) is 6.20 Å². The van der Waals surface area contributed by atoms with Crippen molar-refractivity contribution in [1.82, 2.24) is 9.97 Å². The van der Waals surface area contributed by atoms with Gasteiger partial charge in [0.25, 0.3) is 5.16 Å². The van der Waals surface area contributed by atoms with Crippen LogP contribution in [0.1, 0.15) is 23.0 Å². The van der Waals surface area contributed by atoms with Gasteiger partial charge in [0.05, 0.1) is 17.9 Å². The Kier molecular flexibility index (Phi) is 3.55. The molecule has 8 heteroatoms. The van der Waals surface area contributed by atoms with Crippen LogP contribution in [-0.2, 0) is 14.9 Å². The minimum Gasteiger partial charge on any atom is -0.462 e. The number of aryl methyl sites for hydroxylation is 1. The molecule has 1 aromatic rings. The monoisotopic (exact) mass is 246 g/mol. The Morgan fingerprint density at radius 1 is 1.56 bits per heavy atom. The fourth-order valence-electron chi connectivity index (χ4n) is 0.979. The van der Waals surface area contributed by atoms with Gasteiger partial charge in [-0.15, -0.1) is 0 Å². The van der Waals surface area contributed by atoms with Crippen molar-refractivity contribution in [2.75, 3.05) is 6.61 Å². The molecule has 0 bridgehead atoms. The Hall–Kier alpha value is -1.54. The summed E-state index contributed by atoms with van der Waals surface area (Å²) in [5, 5.41) is -0.738. The molecule has 0 amide bonds. The molecule has 16 heavy (non-hydrogen) atoms. The van der Waals surface area contributed by atoms with E-state index in [4.69, 9.17) is 9.29 Å². The van der Waals surface area contributed by atoms with Crippen LogP contribution in [-0.4, -0.2) is 35.5 Å². The van der Waals surface area contributed by atoms with Crippen molar-refractivity contribution >= 4 is 16.1 Å². The summed E-state index contributed by atoms with van der Waals surface area (Å²) in [7, 11) is -4.45. The van der Waals surface area contributed by atoms with E-state index >= 15 is 0 Å². The molecule has 0 fully saturated rings. The number of esters is 1. The van der Waals surface area contributed by atoms with Crippen LogP contribution in [0.25, 0.3) is 0 Å². The average molecular weight is 246 g/mol. The summed E-state index contributed by atoms with van der Waals surface area (Å²) in [6.07, 6.45) is 1.00. The van der Waals surface area contributed by atoms with Gasteiger partial charge in [-0.25, -0.2) is 14.8 Å². The second kappa shape index (κ2) is 4.54. The first-order chi connectivity index (χ1) is 7.36. The molecule has 0 atom stereocenters.